The second kappa shape index (κ2) is 7.30. The van der Waals surface area contributed by atoms with Gasteiger partial charge in [-0.05, 0) is 32.2 Å². The minimum Gasteiger partial charge on any atom is -0.393 e. The quantitative estimate of drug-likeness (QED) is 0.518. The molecule has 0 saturated carbocycles. The molecule has 80 valence electrons. The fourth-order valence-electron chi connectivity index (χ4n) is 1.21. The van der Waals surface area contributed by atoms with Crippen LogP contribution in [0.2, 0.25) is 0 Å². The van der Waals surface area contributed by atoms with Crippen molar-refractivity contribution in [2.24, 2.45) is 5.92 Å². The summed E-state index contributed by atoms with van der Waals surface area (Å²) < 4.78 is 0. The number of rotatable bonds is 7. The Morgan fingerprint density at radius 1 is 1.15 bits per heavy atom. The molecule has 3 nitrogen and oxygen atoms in total. The summed E-state index contributed by atoms with van der Waals surface area (Å²) in [6.45, 7) is 7.36. The first-order valence-electron chi connectivity index (χ1n) is 5.09. The Kier molecular flexibility index (Phi) is 7.23. The Morgan fingerprint density at radius 2 is 1.77 bits per heavy atom. The molecule has 0 bridgehead atoms. The van der Waals surface area contributed by atoms with E-state index in [0.29, 0.717) is 12.5 Å². The zero-order valence-electron chi connectivity index (χ0n) is 8.95. The highest BCUT2D eigenvalue weighted by molar-refractivity contribution is 4.62. The first-order chi connectivity index (χ1) is 6.02. The molecule has 0 rings (SSSR count). The van der Waals surface area contributed by atoms with Crippen LogP contribution in [-0.4, -0.2) is 35.5 Å². The van der Waals surface area contributed by atoms with Gasteiger partial charge in [0.25, 0.3) is 0 Å². The van der Waals surface area contributed by atoms with Crippen molar-refractivity contribution in [1.29, 1.82) is 0 Å². The highest BCUT2D eigenvalue weighted by Crippen LogP contribution is 2.03. The predicted molar refractivity (Wildman–Crippen MR) is 54.6 cm³/mol. The van der Waals surface area contributed by atoms with Crippen LogP contribution in [0.3, 0.4) is 0 Å². The van der Waals surface area contributed by atoms with Crippen molar-refractivity contribution in [2.45, 2.75) is 45.8 Å². The fourth-order valence-corrected chi connectivity index (χ4v) is 1.21. The summed E-state index contributed by atoms with van der Waals surface area (Å²) in [7, 11) is 0. The molecule has 3 heteroatoms. The monoisotopic (exact) mass is 189 g/mol. The molecular formula is C10H23NO2. The summed E-state index contributed by atoms with van der Waals surface area (Å²) in [4.78, 5) is 0. The van der Waals surface area contributed by atoms with Crippen molar-refractivity contribution in [3.8, 4) is 0 Å². The van der Waals surface area contributed by atoms with Crippen LogP contribution in [0.4, 0.5) is 0 Å². The van der Waals surface area contributed by atoms with Gasteiger partial charge >= 0.3 is 0 Å². The lowest BCUT2D eigenvalue weighted by Gasteiger charge is -2.14. The zero-order chi connectivity index (χ0) is 10.3. The van der Waals surface area contributed by atoms with Gasteiger partial charge in [-0.2, -0.15) is 0 Å². The van der Waals surface area contributed by atoms with E-state index in [-0.39, 0.29) is 12.2 Å². The molecule has 0 aliphatic heterocycles. The van der Waals surface area contributed by atoms with Crippen LogP contribution in [0, 0.1) is 5.92 Å². The van der Waals surface area contributed by atoms with Gasteiger partial charge in [0, 0.05) is 6.54 Å². The van der Waals surface area contributed by atoms with Gasteiger partial charge in [0.2, 0.25) is 0 Å². The third-order valence-corrected chi connectivity index (χ3v) is 1.86. The smallest absolute Gasteiger partial charge is 0.0667 e. The summed E-state index contributed by atoms with van der Waals surface area (Å²) in [5.74, 6) is 0.536. The van der Waals surface area contributed by atoms with E-state index in [4.69, 9.17) is 5.11 Å². The Hall–Kier alpha value is -0.120. The molecule has 0 amide bonds. The molecule has 0 fully saturated rings. The second-order valence-electron chi connectivity index (χ2n) is 4.13. The van der Waals surface area contributed by atoms with Crippen molar-refractivity contribution in [2.75, 3.05) is 13.1 Å². The summed E-state index contributed by atoms with van der Waals surface area (Å²) in [5.41, 5.74) is 0. The maximum absolute atomic E-state index is 9.46. The molecule has 0 heterocycles. The van der Waals surface area contributed by atoms with Crippen molar-refractivity contribution < 1.29 is 10.2 Å². The lowest BCUT2D eigenvalue weighted by atomic mass is 10.1. The number of hydrogen-bond acceptors (Lipinski definition) is 3. The van der Waals surface area contributed by atoms with Crippen LogP contribution < -0.4 is 5.32 Å². The molecule has 13 heavy (non-hydrogen) atoms. The predicted octanol–water partition coefficient (Wildman–Crippen LogP) is 0.754. The first-order valence-corrected chi connectivity index (χ1v) is 5.09. The molecule has 0 aliphatic rings. The Bertz CT molecular complexity index is 115. The number of hydrogen-bond donors (Lipinski definition) is 3. The Balaban J connectivity index is 3.22. The lowest BCUT2D eigenvalue weighted by Crippen LogP contribution is -2.29. The SMILES string of the molecule is CC(C)CC(O)CNCCC(C)O. The molecule has 0 spiro atoms. The summed E-state index contributed by atoms with van der Waals surface area (Å²) in [6.07, 6.45) is 1.07. The normalized spacial score (nSPS) is 16.2. The van der Waals surface area contributed by atoms with Crippen LogP contribution in [0.1, 0.15) is 33.6 Å². The van der Waals surface area contributed by atoms with Crippen molar-refractivity contribution in [3.63, 3.8) is 0 Å². The number of aliphatic hydroxyl groups excluding tert-OH is 2. The highest BCUT2D eigenvalue weighted by Gasteiger charge is 2.05. The molecule has 3 N–H and O–H groups in total. The van der Waals surface area contributed by atoms with E-state index in [0.717, 1.165) is 19.4 Å². The van der Waals surface area contributed by atoms with Gasteiger partial charge < -0.3 is 15.5 Å². The molecule has 0 aromatic rings. The van der Waals surface area contributed by atoms with E-state index in [1.165, 1.54) is 0 Å². The third-order valence-electron chi connectivity index (χ3n) is 1.86. The van der Waals surface area contributed by atoms with Crippen molar-refractivity contribution >= 4 is 0 Å². The summed E-state index contributed by atoms with van der Waals surface area (Å²) in [5, 5.41) is 21.5. The van der Waals surface area contributed by atoms with E-state index in [9.17, 15) is 5.11 Å². The summed E-state index contributed by atoms with van der Waals surface area (Å²) in [6, 6.07) is 0. The van der Waals surface area contributed by atoms with Gasteiger partial charge in [0.15, 0.2) is 0 Å². The van der Waals surface area contributed by atoms with Crippen LogP contribution >= 0.6 is 0 Å². The molecule has 0 aromatic heterocycles. The number of aliphatic hydroxyl groups is 2. The van der Waals surface area contributed by atoms with Crippen molar-refractivity contribution in [1.82, 2.24) is 5.32 Å². The third kappa shape index (κ3) is 9.80. The molecule has 0 aliphatic carbocycles. The van der Waals surface area contributed by atoms with Gasteiger partial charge in [-0.1, -0.05) is 13.8 Å². The standard InChI is InChI=1S/C10H23NO2/c1-8(2)6-10(13)7-11-5-4-9(3)12/h8-13H,4-7H2,1-3H3. The highest BCUT2D eigenvalue weighted by atomic mass is 16.3. The van der Waals surface area contributed by atoms with Crippen LogP contribution in [0.5, 0.6) is 0 Å². The largest absolute Gasteiger partial charge is 0.393 e. The minimum absolute atomic E-state index is 0.255. The van der Waals surface area contributed by atoms with Crippen LogP contribution in [0.25, 0.3) is 0 Å². The topological polar surface area (TPSA) is 52.5 Å². The first kappa shape index (κ1) is 12.9. The Morgan fingerprint density at radius 3 is 2.23 bits per heavy atom. The minimum atomic E-state index is -0.256. The summed E-state index contributed by atoms with van der Waals surface area (Å²) >= 11 is 0. The van der Waals surface area contributed by atoms with E-state index in [2.05, 4.69) is 19.2 Å². The van der Waals surface area contributed by atoms with E-state index in [1.54, 1.807) is 6.92 Å². The maximum atomic E-state index is 9.46. The average molecular weight is 189 g/mol. The van der Waals surface area contributed by atoms with E-state index < -0.39 is 0 Å². The zero-order valence-corrected chi connectivity index (χ0v) is 8.95. The van der Waals surface area contributed by atoms with E-state index >= 15 is 0 Å². The van der Waals surface area contributed by atoms with Gasteiger partial charge in [-0.15, -0.1) is 0 Å². The average Bonchev–Trinajstić information content (AvgIpc) is 1.96. The van der Waals surface area contributed by atoms with Gasteiger partial charge in [-0.25, -0.2) is 0 Å². The van der Waals surface area contributed by atoms with Crippen LogP contribution in [-0.2, 0) is 0 Å². The van der Waals surface area contributed by atoms with Gasteiger partial charge in [-0.3, -0.25) is 0 Å². The molecular weight excluding hydrogens is 166 g/mol. The lowest BCUT2D eigenvalue weighted by molar-refractivity contribution is 0.141. The molecule has 0 aromatic carbocycles. The fraction of sp³-hybridized carbons (Fsp3) is 1.00. The molecule has 2 atom stereocenters. The van der Waals surface area contributed by atoms with E-state index in [1.807, 2.05) is 0 Å². The van der Waals surface area contributed by atoms with Gasteiger partial charge in [0.05, 0.1) is 12.2 Å². The van der Waals surface area contributed by atoms with Gasteiger partial charge in [0.1, 0.15) is 0 Å². The molecule has 0 saturated heterocycles. The molecule has 2 unspecified atom stereocenters. The maximum Gasteiger partial charge on any atom is 0.0667 e. The Labute approximate surface area is 81.2 Å². The van der Waals surface area contributed by atoms with Crippen molar-refractivity contribution in [3.05, 3.63) is 0 Å². The van der Waals surface area contributed by atoms with Crippen LogP contribution in [0.15, 0.2) is 0 Å². The number of nitrogens with one attached hydrogen (secondary N) is 1. The molecule has 0 radical (unpaired) electrons. The second-order valence-corrected chi connectivity index (χ2v) is 4.13.